The van der Waals surface area contributed by atoms with E-state index in [2.05, 4.69) is 5.32 Å². The molecule has 0 aliphatic rings. The van der Waals surface area contributed by atoms with E-state index in [1.807, 2.05) is 19.1 Å². The van der Waals surface area contributed by atoms with Crippen LogP contribution in [0.2, 0.25) is 0 Å². The van der Waals surface area contributed by atoms with E-state index >= 15 is 0 Å². The second-order valence-corrected chi connectivity index (χ2v) is 3.34. The average molecular weight is 195 g/mol. The molecule has 1 aromatic carbocycles. The van der Waals surface area contributed by atoms with Crippen molar-refractivity contribution in [3.63, 3.8) is 0 Å². The van der Waals surface area contributed by atoms with E-state index in [4.69, 9.17) is 0 Å². The first-order chi connectivity index (χ1) is 6.65. The molecule has 2 nitrogen and oxygen atoms in total. The minimum absolute atomic E-state index is 0.215. The van der Waals surface area contributed by atoms with Crippen molar-refractivity contribution in [1.29, 1.82) is 0 Å². The zero-order valence-corrected chi connectivity index (χ0v) is 8.38. The summed E-state index contributed by atoms with van der Waals surface area (Å²) < 4.78 is 12.1. The molecule has 0 fully saturated rings. The minimum Gasteiger partial charge on any atom is -0.347 e. The minimum atomic E-state index is -0.544. The van der Waals surface area contributed by atoms with Gasteiger partial charge in [0.15, 0.2) is 0 Å². The molecule has 0 unspecified atom stereocenters. The maximum absolute atomic E-state index is 12.1. The van der Waals surface area contributed by atoms with E-state index in [-0.39, 0.29) is 5.91 Å². The Morgan fingerprint density at radius 3 is 2.71 bits per heavy atom. The second-order valence-electron chi connectivity index (χ2n) is 3.34. The van der Waals surface area contributed by atoms with E-state index in [9.17, 15) is 9.18 Å². The maximum Gasteiger partial charge on any atom is 0.251 e. The predicted octanol–water partition coefficient (Wildman–Crippen LogP) is 2.08. The first-order valence-corrected chi connectivity index (χ1v) is 4.57. The molecule has 0 aliphatic carbocycles. The van der Waals surface area contributed by atoms with Crippen LogP contribution in [0, 0.1) is 6.92 Å². The standard InChI is InChI=1S/C11H14FNO/c1-8-5-3-4-6-10(8)11(14)13-9(2)7-12/h3-6,9H,7H2,1-2H3,(H,13,14)/t9-/m0/s1. The van der Waals surface area contributed by atoms with Gasteiger partial charge >= 0.3 is 0 Å². The summed E-state index contributed by atoms with van der Waals surface area (Å²) >= 11 is 0. The Morgan fingerprint density at radius 1 is 1.50 bits per heavy atom. The van der Waals surface area contributed by atoms with Crippen molar-refractivity contribution in [2.75, 3.05) is 6.67 Å². The molecule has 3 heteroatoms. The van der Waals surface area contributed by atoms with Crippen molar-refractivity contribution in [2.45, 2.75) is 19.9 Å². The van der Waals surface area contributed by atoms with E-state index in [0.717, 1.165) is 5.56 Å². The Morgan fingerprint density at radius 2 is 2.14 bits per heavy atom. The van der Waals surface area contributed by atoms with Crippen LogP contribution in [0.4, 0.5) is 4.39 Å². The molecule has 0 saturated heterocycles. The number of hydrogen-bond acceptors (Lipinski definition) is 1. The molecule has 1 aromatic rings. The van der Waals surface area contributed by atoms with Gasteiger partial charge in [0.25, 0.3) is 5.91 Å². The zero-order chi connectivity index (χ0) is 10.6. The van der Waals surface area contributed by atoms with Crippen molar-refractivity contribution >= 4 is 5.91 Å². The highest BCUT2D eigenvalue weighted by molar-refractivity contribution is 5.95. The topological polar surface area (TPSA) is 29.1 Å². The van der Waals surface area contributed by atoms with Crippen LogP contribution in [0.15, 0.2) is 24.3 Å². The van der Waals surface area contributed by atoms with Gasteiger partial charge in [-0.15, -0.1) is 0 Å². The van der Waals surface area contributed by atoms with Gasteiger partial charge in [-0.1, -0.05) is 18.2 Å². The molecule has 0 heterocycles. The second kappa shape index (κ2) is 4.74. The Balaban J connectivity index is 2.75. The van der Waals surface area contributed by atoms with Crippen LogP contribution in [0.5, 0.6) is 0 Å². The van der Waals surface area contributed by atoms with Crippen LogP contribution in [-0.4, -0.2) is 18.6 Å². The quantitative estimate of drug-likeness (QED) is 0.786. The number of rotatable bonds is 3. The third-order valence-electron chi connectivity index (χ3n) is 2.00. The molecule has 0 aromatic heterocycles. The Hall–Kier alpha value is -1.38. The lowest BCUT2D eigenvalue weighted by Crippen LogP contribution is -2.34. The van der Waals surface area contributed by atoms with Crippen molar-refractivity contribution in [2.24, 2.45) is 0 Å². The van der Waals surface area contributed by atoms with Crippen LogP contribution < -0.4 is 5.32 Å². The summed E-state index contributed by atoms with van der Waals surface area (Å²) in [5.41, 5.74) is 1.50. The monoisotopic (exact) mass is 195 g/mol. The van der Waals surface area contributed by atoms with Crippen LogP contribution in [-0.2, 0) is 0 Å². The van der Waals surface area contributed by atoms with Gasteiger partial charge in [-0.2, -0.15) is 0 Å². The van der Waals surface area contributed by atoms with Gasteiger partial charge < -0.3 is 5.32 Å². The van der Waals surface area contributed by atoms with Gasteiger partial charge in [0, 0.05) is 5.56 Å². The highest BCUT2D eigenvalue weighted by atomic mass is 19.1. The molecule has 0 spiro atoms. The molecule has 1 amide bonds. The molecule has 0 radical (unpaired) electrons. The van der Waals surface area contributed by atoms with Gasteiger partial charge in [-0.3, -0.25) is 4.79 Å². The van der Waals surface area contributed by atoms with Crippen molar-refractivity contribution in [1.82, 2.24) is 5.32 Å². The molecule has 14 heavy (non-hydrogen) atoms. The first kappa shape index (κ1) is 10.7. The smallest absolute Gasteiger partial charge is 0.251 e. The summed E-state index contributed by atoms with van der Waals surface area (Å²) in [5.74, 6) is -0.215. The third-order valence-corrected chi connectivity index (χ3v) is 2.00. The summed E-state index contributed by atoms with van der Waals surface area (Å²) in [5, 5.41) is 2.57. The summed E-state index contributed by atoms with van der Waals surface area (Å²) in [4.78, 5) is 11.6. The van der Waals surface area contributed by atoms with Crippen LogP contribution in [0.1, 0.15) is 22.8 Å². The van der Waals surface area contributed by atoms with Crippen LogP contribution in [0.3, 0.4) is 0 Å². The number of halogens is 1. The molecule has 0 bridgehead atoms. The molecule has 1 rings (SSSR count). The van der Waals surface area contributed by atoms with Gasteiger partial charge in [-0.05, 0) is 25.5 Å². The highest BCUT2D eigenvalue weighted by Crippen LogP contribution is 2.06. The lowest BCUT2D eigenvalue weighted by Gasteiger charge is -2.11. The molecule has 0 saturated carbocycles. The fourth-order valence-electron chi connectivity index (χ4n) is 1.17. The fraction of sp³-hybridized carbons (Fsp3) is 0.364. The number of carbonyl (C=O) groups is 1. The Bertz CT molecular complexity index is 325. The van der Waals surface area contributed by atoms with Crippen molar-refractivity contribution in [3.8, 4) is 0 Å². The molecular weight excluding hydrogens is 181 g/mol. The number of aryl methyl sites for hydroxylation is 1. The lowest BCUT2D eigenvalue weighted by molar-refractivity contribution is 0.0933. The van der Waals surface area contributed by atoms with Crippen molar-refractivity contribution in [3.05, 3.63) is 35.4 Å². The predicted molar refractivity (Wildman–Crippen MR) is 54.1 cm³/mol. The summed E-state index contributed by atoms with van der Waals surface area (Å²) in [6, 6.07) is 6.82. The molecule has 1 N–H and O–H groups in total. The first-order valence-electron chi connectivity index (χ1n) is 4.57. The van der Waals surface area contributed by atoms with E-state index in [1.54, 1.807) is 19.1 Å². The molecule has 1 atom stereocenters. The van der Waals surface area contributed by atoms with Crippen LogP contribution in [0.25, 0.3) is 0 Å². The number of alkyl halides is 1. The number of hydrogen-bond donors (Lipinski definition) is 1. The van der Waals surface area contributed by atoms with Gasteiger partial charge in [0.2, 0.25) is 0 Å². The van der Waals surface area contributed by atoms with Crippen LogP contribution >= 0.6 is 0 Å². The zero-order valence-electron chi connectivity index (χ0n) is 8.38. The summed E-state index contributed by atoms with van der Waals surface area (Å²) in [6.07, 6.45) is 0. The van der Waals surface area contributed by atoms with E-state index in [1.165, 1.54) is 0 Å². The number of carbonyl (C=O) groups excluding carboxylic acids is 1. The van der Waals surface area contributed by atoms with Crippen molar-refractivity contribution < 1.29 is 9.18 Å². The average Bonchev–Trinajstić information content (AvgIpc) is 2.18. The number of amides is 1. The van der Waals surface area contributed by atoms with Gasteiger partial charge in [0.05, 0.1) is 6.04 Å². The maximum atomic E-state index is 12.1. The van der Waals surface area contributed by atoms with Gasteiger partial charge in [0.1, 0.15) is 6.67 Å². The SMILES string of the molecule is Cc1ccccc1C(=O)N[C@@H](C)CF. The Labute approximate surface area is 83.1 Å². The van der Waals surface area contributed by atoms with E-state index in [0.29, 0.717) is 5.56 Å². The fourth-order valence-corrected chi connectivity index (χ4v) is 1.17. The molecule has 76 valence electrons. The molecular formula is C11H14FNO. The van der Waals surface area contributed by atoms with E-state index < -0.39 is 12.7 Å². The molecule has 0 aliphatic heterocycles. The lowest BCUT2D eigenvalue weighted by atomic mass is 10.1. The largest absolute Gasteiger partial charge is 0.347 e. The van der Waals surface area contributed by atoms with Gasteiger partial charge in [-0.25, -0.2) is 4.39 Å². The summed E-state index contributed by atoms with van der Waals surface area (Å²) in [6.45, 7) is 2.95. The summed E-state index contributed by atoms with van der Waals surface area (Å²) in [7, 11) is 0. The number of nitrogens with one attached hydrogen (secondary N) is 1. The normalized spacial score (nSPS) is 12.2. The Kier molecular flexibility index (Phi) is 3.63. The number of benzene rings is 1. The third kappa shape index (κ3) is 2.55. The highest BCUT2D eigenvalue weighted by Gasteiger charge is 2.10.